The van der Waals surface area contributed by atoms with E-state index in [-0.39, 0.29) is 13.0 Å². The number of aromatic nitrogens is 1. The van der Waals surface area contributed by atoms with Gasteiger partial charge in [-0.2, -0.15) is 0 Å². The van der Waals surface area contributed by atoms with Crippen LogP contribution in [0.15, 0.2) is 18.5 Å². The predicted octanol–water partition coefficient (Wildman–Crippen LogP) is 0.425. The highest BCUT2D eigenvalue weighted by Gasteiger charge is 2.03. The Labute approximate surface area is 91.3 Å². The van der Waals surface area contributed by atoms with Gasteiger partial charge in [0, 0.05) is 12.3 Å². The van der Waals surface area contributed by atoms with Gasteiger partial charge in [-0.1, -0.05) is 17.2 Å². The molecule has 7 heteroatoms. The first-order valence-electron chi connectivity index (χ1n) is 4.11. The highest BCUT2D eigenvalue weighted by molar-refractivity contribution is 6.30. The summed E-state index contributed by atoms with van der Waals surface area (Å²) in [6.07, 6.45) is 3.07. The van der Waals surface area contributed by atoms with Crippen LogP contribution in [0.4, 0.5) is 0 Å². The molecule has 0 unspecified atom stereocenters. The molecular weight excluding hydrogens is 222 g/mol. The summed E-state index contributed by atoms with van der Waals surface area (Å²) in [5, 5.41) is 0.471. The van der Waals surface area contributed by atoms with Gasteiger partial charge < -0.3 is 9.57 Å². The van der Waals surface area contributed by atoms with E-state index in [2.05, 4.69) is 9.82 Å². The van der Waals surface area contributed by atoms with Gasteiger partial charge in [-0.3, -0.25) is 9.78 Å². The van der Waals surface area contributed by atoms with Gasteiger partial charge in [0.15, 0.2) is 0 Å². The Bertz CT molecular complexity index is 335. The molecule has 1 rings (SSSR count). The first-order chi connectivity index (χ1) is 7.22. The fourth-order valence-corrected chi connectivity index (χ4v) is 1.00. The van der Waals surface area contributed by atoms with Crippen LogP contribution in [0, 0.1) is 0 Å². The van der Waals surface area contributed by atoms with Gasteiger partial charge in [0.1, 0.15) is 5.75 Å². The zero-order chi connectivity index (χ0) is 11.1. The average Bonchev–Trinajstić information content (AvgIpc) is 2.18. The molecule has 6 nitrogen and oxygen atoms in total. The summed E-state index contributed by atoms with van der Waals surface area (Å²) in [6.45, 7) is 0.169. The van der Waals surface area contributed by atoms with Crippen molar-refractivity contribution in [3.63, 3.8) is 0 Å². The van der Waals surface area contributed by atoms with E-state index in [9.17, 15) is 4.79 Å². The number of carbonyl (C=O) groups excluding carboxylic acids is 1. The number of hydrogen-bond acceptors (Lipinski definition) is 6. The minimum absolute atomic E-state index is 0.0801. The van der Waals surface area contributed by atoms with E-state index >= 15 is 0 Å². The maximum atomic E-state index is 10.8. The second-order valence-corrected chi connectivity index (χ2v) is 2.97. The summed E-state index contributed by atoms with van der Waals surface area (Å²) in [5.74, 6) is 4.76. The van der Waals surface area contributed by atoms with Crippen molar-refractivity contribution in [1.82, 2.24) is 10.6 Å². The molecular formula is C8H10ClN3O3. The highest BCUT2D eigenvalue weighted by Crippen LogP contribution is 2.14. The third-order valence-corrected chi connectivity index (χ3v) is 1.63. The van der Waals surface area contributed by atoms with Crippen LogP contribution < -0.4 is 16.2 Å². The number of carbonyl (C=O) groups is 1. The number of halogens is 1. The Morgan fingerprint density at radius 2 is 2.40 bits per heavy atom. The molecule has 0 spiro atoms. The topological polar surface area (TPSA) is 86.5 Å². The van der Waals surface area contributed by atoms with Gasteiger partial charge in [0.05, 0.1) is 24.2 Å². The lowest BCUT2D eigenvalue weighted by atomic mass is 10.4. The summed E-state index contributed by atoms with van der Waals surface area (Å²) >= 11 is 5.68. The number of nitrogens with two attached hydrogens (primary N) is 1. The van der Waals surface area contributed by atoms with Gasteiger partial charge in [-0.25, -0.2) is 5.84 Å². The molecule has 0 fully saturated rings. The van der Waals surface area contributed by atoms with Crippen LogP contribution in [-0.4, -0.2) is 17.6 Å². The van der Waals surface area contributed by atoms with Gasteiger partial charge in [-0.15, -0.1) is 0 Å². The van der Waals surface area contributed by atoms with Crippen LogP contribution >= 0.6 is 11.6 Å². The molecule has 0 saturated heterocycles. The first kappa shape index (κ1) is 11.7. The maximum absolute atomic E-state index is 10.8. The van der Waals surface area contributed by atoms with E-state index in [0.717, 1.165) is 0 Å². The Hall–Kier alpha value is -1.37. The van der Waals surface area contributed by atoms with Gasteiger partial charge in [0.25, 0.3) is 0 Å². The average molecular weight is 232 g/mol. The molecule has 3 N–H and O–H groups in total. The maximum Gasteiger partial charge on any atom is 0.329 e. The summed E-state index contributed by atoms with van der Waals surface area (Å²) in [5.41, 5.74) is 1.79. The Morgan fingerprint density at radius 1 is 1.60 bits per heavy atom. The predicted molar refractivity (Wildman–Crippen MR) is 52.8 cm³/mol. The SMILES string of the molecule is NNOC(=O)CCOc1cncc(Cl)c1. The summed E-state index contributed by atoms with van der Waals surface area (Å²) in [6, 6.07) is 1.60. The molecule has 0 atom stereocenters. The fraction of sp³-hybridized carbons (Fsp3) is 0.250. The second-order valence-electron chi connectivity index (χ2n) is 2.53. The van der Waals surface area contributed by atoms with Crippen molar-refractivity contribution in [3.8, 4) is 5.75 Å². The number of hydrazine groups is 1. The Kier molecular flexibility index (Phi) is 4.82. The molecule has 0 amide bonds. The molecule has 0 aliphatic rings. The lowest BCUT2D eigenvalue weighted by molar-refractivity contribution is -0.151. The molecule has 0 aromatic carbocycles. The molecule has 0 saturated carbocycles. The number of rotatable bonds is 5. The quantitative estimate of drug-likeness (QED) is 0.564. The monoisotopic (exact) mass is 231 g/mol. The number of pyridine rings is 1. The van der Waals surface area contributed by atoms with E-state index in [4.69, 9.17) is 22.2 Å². The zero-order valence-corrected chi connectivity index (χ0v) is 8.53. The van der Waals surface area contributed by atoms with Crippen LogP contribution in [0.25, 0.3) is 0 Å². The molecule has 0 aliphatic heterocycles. The van der Waals surface area contributed by atoms with Gasteiger partial charge >= 0.3 is 5.97 Å². The number of nitrogens with zero attached hydrogens (tertiary/aromatic N) is 1. The van der Waals surface area contributed by atoms with E-state index in [0.29, 0.717) is 10.8 Å². The van der Waals surface area contributed by atoms with Crippen molar-refractivity contribution in [2.75, 3.05) is 6.61 Å². The molecule has 0 bridgehead atoms. The highest BCUT2D eigenvalue weighted by atomic mass is 35.5. The Balaban J connectivity index is 2.28. The smallest absolute Gasteiger partial charge is 0.329 e. The minimum Gasteiger partial charge on any atom is -0.491 e. The molecule has 1 heterocycles. The molecule has 82 valence electrons. The van der Waals surface area contributed by atoms with Crippen molar-refractivity contribution in [1.29, 1.82) is 0 Å². The van der Waals surface area contributed by atoms with E-state index in [1.54, 1.807) is 11.7 Å². The van der Waals surface area contributed by atoms with Crippen LogP contribution in [0.5, 0.6) is 5.75 Å². The van der Waals surface area contributed by atoms with Crippen LogP contribution in [-0.2, 0) is 9.63 Å². The first-order valence-corrected chi connectivity index (χ1v) is 4.49. The molecule has 1 aromatic heterocycles. The Morgan fingerprint density at radius 3 is 3.07 bits per heavy atom. The van der Waals surface area contributed by atoms with Crippen molar-refractivity contribution < 1.29 is 14.4 Å². The zero-order valence-electron chi connectivity index (χ0n) is 7.77. The molecule has 0 aliphatic carbocycles. The van der Waals surface area contributed by atoms with E-state index in [1.165, 1.54) is 12.4 Å². The third-order valence-electron chi connectivity index (χ3n) is 1.43. The van der Waals surface area contributed by atoms with Crippen molar-refractivity contribution in [2.45, 2.75) is 6.42 Å². The van der Waals surface area contributed by atoms with Crippen molar-refractivity contribution in [2.24, 2.45) is 5.84 Å². The van der Waals surface area contributed by atoms with E-state index in [1.807, 2.05) is 0 Å². The van der Waals surface area contributed by atoms with Gasteiger partial charge in [-0.05, 0) is 0 Å². The standard InChI is InChI=1S/C8H10ClN3O3/c9-6-3-7(5-11-4-6)14-2-1-8(13)15-12-10/h3-5,12H,1-2,10H2. The third kappa shape index (κ3) is 4.59. The molecule has 1 aromatic rings. The molecule has 15 heavy (non-hydrogen) atoms. The van der Waals surface area contributed by atoms with Crippen LogP contribution in [0.1, 0.15) is 6.42 Å². The fourth-order valence-electron chi connectivity index (χ4n) is 0.840. The second kappa shape index (κ2) is 6.18. The van der Waals surface area contributed by atoms with Crippen LogP contribution in [0.3, 0.4) is 0 Å². The van der Waals surface area contributed by atoms with Crippen molar-refractivity contribution in [3.05, 3.63) is 23.5 Å². The van der Waals surface area contributed by atoms with Gasteiger partial charge in [0.2, 0.25) is 0 Å². The number of ether oxygens (including phenoxy) is 1. The lowest BCUT2D eigenvalue weighted by Crippen LogP contribution is -2.26. The van der Waals surface area contributed by atoms with Crippen LogP contribution in [0.2, 0.25) is 5.02 Å². The summed E-state index contributed by atoms with van der Waals surface area (Å²) in [7, 11) is 0. The number of hydrogen-bond donors (Lipinski definition) is 2. The van der Waals surface area contributed by atoms with E-state index < -0.39 is 5.97 Å². The minimum atomic E-state index is -0.507. The number of nitrogens with one attached hydrogen (secondary N) is 1. The summed E-state index contributed by atoms with van der Waals surface area (Å²) in [4.78, 5) is 18.9. The van der Waals surface area contributed by atoms with Crippen molar-refractivity contribution >= 4 is 17.6 Å². The molecule has 0 radical (unpaired) electrons. The lowest BCUT2D eigenvalue weighted by Gasteiger charge is -2.05. The largest absolute Gasteiger partial charge is 0.491 e. The normalized spacial score (nSPS) is 9.73. The summed E-state index contributed by atoms with van der Waals surface area (Å²) < 4.78 is 5.19.